The number of amides is 1. The molecule has 2 aliphatic carbocycles. The van der Waals surface area contributed by atoms with Gasteiger partial charge in [-0.1, -0.05) is 12.2 Å². The number of halogens is 5. The lowest BCUT2D eigenvalue weighted by Gasteiger charge is -2.28. The Bertz CT molecular complexity index is 2150. The number of benzene rings is 1. The van der Waals surface area contributed by atoms with Crippen molar-refractivity contribution in [1.29, 1.82) is 0 Å². The first-order valence-electron chi connectivity index (χ1n) is 15.1. The third kappa shape index (κ3) is 6.23. The molecule has 2 atom stereocenters. The minimum Gasteiger partial charge on any atom is -0.445 e. The van der Waals surface area contributed by atoms with Gasteiger partial charge in [0.15, 0.2) is 27.2 Å². The summed E-state index contributed by atoms with van der Waals surface area (Å²) in [5.41, 5.74) is 0.718. The fourth-order valence-electron chi connectivity index (χ4n) is 6.23. The zero-order chi connectivity index (χ0) is 36.5. The third-order valence-electron chi connectivity index (χ3n) is 8.57. The molecule has 0 saturated carbocycles. The number of aromatic nitrogens is 3. The van der Waals surface area contributed by atoms with Crippen molar-refractivity contribution in [3.8, 4) is 22.8 Å². The number of rotatable bonds is 8. The van der Waals surface area contributed by atoms with Crippen LogP contribution in [0, 0.1) is 6.92 Å². The minimum absolute atomic E-state index is 0.00762. The summed E-state index contributed by atoms with van der Waals surface area (Å²) in [6.45, 7) is 0.745. The maximum Gasteiger partial charge on any atom is 0.586 e. The average Bonchev–Trinajstić information content (AvgIpc) is 3.71. The molecule has 0 bridgehead atoms. The lowest BCUT2D eigenvalue weighted by molar-refractivity contribution is -0.286. The molecule has 3 aliphatic rings. The number of ether oxygens (including phenoxy) is 2. The number of hydrogen-bond acceptors (Lipinski definition) is 9. The monoisotopic (exact) mass is 722 g/mol. The van der Waals surface area contributed by atoms with Crippen LogP contribution < -0.4 is 9.47 Å². The number of likely N-dealkylation sites (N-methyl/N-ethyl adjacent to an activating group) is 1. The van der Waals surface area contributed by atoms with E-state index in [2.05, 4.69) is 19.6 Å². The molecule has 50 heavy (non-hydrogen) atoms. The van der Waals surface area contributed by atoms with E-state index in [4.69, 9.17) is 4.42 Å². The number of aliphatic hydroxyl groups excluding tert-OH is 1. The smallest absolute Gasteiger partial charge is 0.445 e. The van der Waals surface area contributed by atoms with Crippen molar-refractivity contribution in [3.63, 3.8) is 0 Å². The number of fused-ring (bicyclic) bond motifs is 1. The van der Waals surface area contributed by atoms with Crippen LogP contribution in [0.5, 0.6) is 11.5 Å². The number of carbonyl (C=O) groups excluding carboxylic acids is 1. The Morgan fingerprint density at radius 2 is 1.82 bits per heavy atom. The summed E-state index contributed by atoms with van der Waals surface area (Å²) in [6.07, 6.45) is -0.571. The van der Waals surface area contributed by atoms with Crippen LogP contribution in [0.1, 0.15) is 41.8 Å². The Morgan fingerprint density at radius 3 is 2.48 bits per heavy atom. The van der Waals surface area contributed by atoms with Gasteiger partial charge in [-0.05, 0) is 53.5 Å². The van der Waals surface area contributed by atoms with Crippen molar-refractivity contribution in [3.05, 3.63) is 87.2 Å². The van der Waals surface area contributed by atoms with E-state index in [1.807, 2.05) is 0 Å². The SMILES string of the molecule is Cc1nc(-c2ccc3c(c2)OC(F)(F)O3)c(C2CC(C3=CC(S(C)(=O)=O)=C(CO)C(F)C3)=CC=C2c2cc(C(F)(F)C(=O)N(C)C)nn2C)o1. The Hall–Kier alpha value is -4.77. The van der Waals surface area contributed by atoms with E-state index in [9.17, 15) is 27.1 Å². The molecule has 17 heteroatoms. The Labute approximate surface area is 282 Å². The molecule has 0 radical (unpaired) electrons. The fourth-order valence-corrected chi connectivity index (χ4v) is 7.26. The van der Waals surface area contributed by atoms with Crippen LogP contribution in [-0.2, 0) is 27.6 Å². The second-order valence-corrected chi connectivity index (χ2v) is 14.3. The number of sulfone groups is 1. The maximum atomic E-state index is 15.4. The first-order valence-corrected chi connectivity index (χ1v) is 17.0. The van der Waals surface area contributed by atoms with Crippen LogP contribution >= 0.6 is 0 Å². The molecule has 3 heterocycles. The molecule has 0 fully saturated rings. The zero-order valence-corrected chi connectivity index (χ0v) is 28.1. The summed E-state index contributed by atoms with van der Waals surface area (Å²) in [6, 6.07) is 5.08. The van der Waals surface area contributed by atoms with Crippen molar-refractivity contribution < 1.29 is 54.2 Å². The molecule has 11 nitrogen and oxygen atoms in total. The lowest BCUT2D eigenvalue weighted by Crippen LogP contribution is -2.37. The second kappa shape index (κ2) is 12.2. The van der Waals surface area contributed by atoms with Gasteiger partial charge in [0, 0.05) is 51.9 Å². The van der Waals surface area contributed by atoms with E-state index in [1.165, 1.54) is 50.1 Å². The third-order valence-corrected chi connectivity index (χ3v) is 9.75. The zero-order valence-electron chi connectivity index (χ0n) is 27.3. The van der Waals surface area contributed by atoms with Gasteiger partial charge >= 0.3 is 12.2 Å². The first kappa shape index (κ1) is 35.1. The highest BCUT2D eigenvalue weighted by molar-refractivity contribution is 7.94. The number of alkyl halides is 5. The van der Waals surface area contributed by atoms with E-state index < -0.39 is 52.4 Å². The molecule has 0 spiro atoms. The number of nitrogens with zero attached hydrogens (tertiary/aromatic N) is 4. The highest BCUT2D eigenvalue weighted by Gasteiger charge is 2.46. The highest BCUT2D eigenvalue weighted by atomic mass is 32.2. The van der Waals surface area contributed by atoms with Crippen LogP contribution in [0.25, 0.3) is 16.8 Å². The van der Waals surface area contributed by atoms with Gasteiger partial charge in [0.25, 0.3) is 5.91 Å². The summed E-state index contributed by atoms with van der Waals surface area (Å²) in [5.74, 6) is -6.46. The molecule has 1 aromatic carbocycles. The Morgan fingerprint density at radius 1 is 1.12 bits per heavy atom. The number of aryl methyl sites for hydroxylation is 2. The molecule has 266 valence electrons. The molecule has 3 aromatic rings. The fraction of sp³-hybridized carbons (Fsp3) is 0.364. The number of oxazole rings is 1. The van der Waals surface area contributed by atoms with Crippen LogP contribution in [0.15, 0.2) is 68.5 Å². The van der Waals surface area contributed by atoms with Gasteiger partial charge < -0.3 is 23.9 Å². The van der Waals surface area contributed by atoms with Gasteiger partial charge in [-0.25, -0.2) is 17.8 Å². The van der Waals surface area contributed by atoms with Gasteiger partial charge in [-0.15, -0.1) is 8.78 Å². The van der Waals surface area contributed by atoms with E-state index in [-0.39, 0.29) is 63.4 Å². The van der Waals surface area contributed by atoms with Crippen molar-refractivity contribution in [2.75, 3.05) is 27.0 Å². The van der Waals surface area contributed by atoms with Crippen LogP contribution in [0.3, 0.4) is 0 Å². The summed E-state index contributed by atoms with van der Waals surface area (Å²) < 4.78 is 115. The normalized spacial score (nSPS) is 20.4. The summed E-state index contributed by atoms with van der Waals surface area (Å²) in [5, 5.41) is 13.7. The van der Waals surface area contributed by atoms with Gasteiger partial charge in [0.2, 0.25) is 0 Å². The summed E-state index contributed by atoms with van der Waals surface area (Å²) in [7, 11) is -0.166. The van der Waals surface area contributed by atoms with Gasteiger partial charge in [0.1, 0.15) is 23.3 Å². The van der Waals surface area contributed by atoms with Crippen LogP contribution in [0.2, 0.25) is 0 Å². The molecule has 1 aliphatic heterocycles. The molecule has 1 amide bonds. The van der Waals surface area contributed by atoms with Crippen molar-refractivity contribution in [2.24, 2.45) is 7.05 Å². The van der Waals surface area contributed by atoms with Crippen molar-refractivity contribution in [1.82, 2.24) is 19.7 Å². The largest absolute Gasteiger partial charge is 0.586 e. The number of carbonyl (C=O) groups is 1. The molecule has 6 rings (SSSR count). The molecular weight excluding hydrogens is 691 g/mol. The number of hydrogen-bond donors (Lipinski definition) is 1. The molecule has 2 aromatic heterocycles. The van der Waals surface area contributed by atoms with Gasteiger partial charge in [-0.2, -0.15) is 13.9 Å². The van der Waals surface area contributed by atoms with E-state index in [0.717, 1.165) is 17.2 Å². The number of allylic oxidation sites excluding steroid dienone is 6. The van der Waals surface area contributed by atoms with Crippen LogP contribution in [0.4, 0.5) is 22.0 Å². The van der Waals surface area contributed by atoms with E-state index in [0.29, 0.717) is 16.7 Å². The highest BCUT2D eigenvalue weighted by Crippen LogP contribution is 2.49. The quantitative estimate of drug-likeness (QED) is 0.306. The maximum absolute atomic E-state index is 15.4. The summed E-state index contributed by atoms with van der Waals surface area (Å²) >= 11 is 0. The minimum atomic E-state index is -3.98. The molecular formula is C33H31F5N4O7S. The summed E-state index contributed by atoms with van der Waals surface area (Å²) in [4.78, 5) is 17.3. The van der Waals surface area contributed by atoms with E-state index in [1.54, 1.807) is 19.1 Å². The Kier molecular flexibility index (Phi) is 8.57. The Balaban J connectivity index is 1.51. The number of aliphatic hydroxyl groups is 1. The van der Waals surface area contributed by atoms with Crippen molar-refractivity contribution in [2.45, 2.75) is 44.1 Å². The molecule has 0 saturated heterocycles. The van der Waals surface area contributed by atoms with Crippen LogP contribution in [-0.4, -0.2) is 78.5 Å². The van der Waals surface area contributed by atoms with Gasteiger partial charge in [-0.3, -0.25) is 9.48 Å². The van der Waals surface area contributed by atoms with Gasteiger partial charge in [0.05, 0.1) is 23.1 Å². The topological polar surface area (TPSA) is 137 Å². The van der Waals surface area contributed by atoms with Crippen molar-refractivity contribution >= 4 is 21.3 Å². The standard InChI is InChI=1S/C33H31F5N4O7S/c1-16-39-29(18-7-9-25-26(12-18)49-33(37,38)48-25)30(47-16)21-10-17(19-11-23(34)22(15-43)27(13-19)50(5,45)46)6-8-20(21)24-14-28(40-42(24)4)32(35,36)31(44)41(2)3/h6-9,12-14,21,23,43H,10-11,15H2,1-5H3. The average molecular weight is 723 g/mol. The predicted octanol–water partition coefficient (Wildman–Crippen LogP) is 5.34. The second-order valence-electron chi connectivity index (χ2n) is 12.3. The molecule has 2 unspecified atom stereocenters. The first-order chi connectivity index (χ1) is 23.3. The lowest BCUT2D eigenvalue weighted by atomic mass is 9.78. The predicted molar refractivity (Wildman–Crippen MR) is 169 cm³/mol. The molecule has 1 N–H and O–H groups in total. The van der Waals surface area contributed by atoms with E-state index >= 15 is 13.2 Å².